The molecule has 0 aliphatic heterocycles. The van der Waals surface area contributed by atoms with Crippen LogP contribution in [0.3, 0.4) is 0 Å². The second-order valence-corrected chi connectivity index (χ2v) is 7.58. The van der Waals surface area contributed by atoms with E-state index in [-0.39, 0.29) is 0 Å². The van der Waals surface area contributed by atoms with E-state index < -0.39 is 0 Å². The van der Waals surface area contributed by atoms with Crippen molar-refractivity contribution in [3.63, 3.8) is 0 Å². The van der Waals surface area contributed by atoms with E-state index in [4.69, 9.17) is 0 Å². The van der Waals surface area contributed by atoms with Gasteiger partial charge in [-0.05, 0) is 59.2 Å². The molecule has 0 N–H and O–H groups in total. The average Bonchev–Trinajstić information content (AvgIpc) is 2.40. The van der Waals surface area contributed by atoms with E-state index in [1.807, 2.05) is 0 Å². The molecule has 7 atom stereocenters. The Morgan fingerprint density at radius 3 is 2.43 bits per heavy atom. The third-order valence-electron chi connectivity index (χ3n) is 7.71. The molecule has 7 unspecified atom stereocenters. The minimum Gasteiger partial charge on any atom is -0.0617 e. The Kier molecular flexibility index (Phi) is 1.01. The number of hydrogen-bond acceptors (Lipinski definition) is 0. The molecule has 0 amide bonds. The Morgan fingerprint density at radius 1 is 1.00 bits per heavy atom. The Labute approximate surface area is 87.5 Å². The van der Waals surface area contributed by atoms with Crippen molar-refractivity contribution in [3.8, 4) is 0 Å². The van der Waals surface area contributed by atoms with Gasteiger partial charge in [-0.2, -0.15) is 0 Å². The highest BCUT2D eigenvalue weighted by Crippen LogP contribution is 2.88. The third kappa shape index (κ3) is 0.463. The average molecular weight is 190 g/mol. The van der Waals surface area contributed by atoms with Gasteiger partial charge in [0.25, 0.3) is 0 Å². The van der Waals surface area contributed by atoms with Crippen LogP contribution in [0.25, 0.3) is 0 Å². The van der Waals surface area contributed by atoms with Gasteiger partial charge in [-0.15, -0.1) is 0 Å². The zero-order chi connectivity index (χ0) is 9.93. The Morgan fingerprint density at radius 2 is 1.71 bits per heavy atom. The molecule has 0 radical (unpaired) electrons. The molecule has 0 saturated heterocycles. The van der Waals surface area contributed by atoms with Gasteiger partial charge in [-0.25, -0.2) is 0 Å². The smallest absolute Gasteiger partial charge is 0.0209 e. The van der Waals surface area contributed by atoms with Crippen LogP contribution in [0.5, 0.6) is 0 Å². The summed E-state index contributed by atoms with van der Waals surface area (Å²) in [6.45, 7) is 10.4. The molecule has 6 bridgehead atoms. The van der Waals surface area contributed by atoms with Gasteiger partial charge in [-0.3, -0.25) is 0 Å². The summed E-state index contributed by atoms with van der Waals surface area (Å²) in [6, 6.07) is 0. The molecule has 0 nitrogen and oxygen atoms in total. The summed E-state index contributed by atoms with van der Waals surface area (Å²) < 4.78 is 0. The highest BCUT2D eigenvalue weighted by Gasteiger charge is 2.82. The zero-order valence-corrected chi connectivity index (χ0v) is 9.93. The van der Waals surface area contributed by atoms with Gasteiger partial charge in [-0.1, -0.05) is 27.7 Å². The highest BCUT2D eigenvalue weighted by atomic mass is 14.9. The van der Waals surface area contributed by atoms with Crippen LogP contribution in [0.1, 0.15) is 47.0 Å². The molecule has 78 valence electrons. The van der Waals surface area contributed by atoms with Crippen molar-refractivity contribution in [3.05, 3.63) is 0 Å². The van der Waals surface area contributed by atoms with Gasteiger partial charge in [0.15, 0.2) is 0 Å². The molecule has 5 aliphatic carbocycles. The summed E-state index contributed by atoms with van der Waals surface area (Å²) in [5, 5.41) is 0. The maximum absolute atomic E-state index is 2.61. The van der Waals surface area contributed by atoms with Crippen LogP contribution in [0.4, 0.5) is 0 Å². The monoisotopic (exact) mass is 190 g/mol. The summed E-state index contributed by atoms with van der Waals surface area (Å²) in [5.41, 5.74) is 2.21. The molecule has 5 saturated carbocycles. The summed E-state index contributed by atoms with van der Waals surface area (Å²) in [5.74, 6) is 4.31. The fourth-order valence-electron chi connectivity index (χ4n) is 7.02. The maximum Gasteiger partial charge on any atom is -0.0209 e. The highest BCUT2D eigenvalue weighted by molar-refractivity contribution is 5.30. The van der Waals surface area contributed by atoms with Crippen LogP contribution in [-0.2, 0) is 0 Å². The van der Waals surface area contributed by atoms with Crippen LogP contribution in [-0.4, -0.2) is 0 Å². The number of rotatable bonds is 0. The van der Waals surface area contributed by atoms with E-state index >= 15 is 0 Å². The van der Waals surface area contributed by atoms with E-state index in [0.29, 0.717) is 0 Å². The minimum atomic E-state index is 0.734. The first-order valence-electron chi connectivity index (χ1n) is 6.43. The summed E-state index contributed by atoms with van der Waals surface area (Å²) >= 11 is 0. The molecule has 0 heterocycles. The molecular weight excluding hydrogens is 168 g/mol. The van der Waals surface area contributed by atoms with Crippen molar-refractivity contribution in [2.75, 3.05) is 0 Å². The van der Waals surface area contributed by atoms with Crippen LogP contribution < -0.4 is 0 Å². The van der Waals surface area contributed by atoms with Gasteiger partial charge >= 0.3 is 0 Å². The summed E-state index contributed by atoms with van der Waals surface area (Å²) in [6.07, 6.45) is 4.69. The predicted molar refractivity (Wildman–Crippen MR) is 57.8 cm³/mol. The van der Waals surface area contributed by atoms with Crippen molar-refractivity contribution >= 4 is 0 Å². The topological polar surface area (TPSA) is 0 Å². The molecular formula is C14H22. The second-order valence-electron chi connectivity index (χ2n) is 7.58. The van der Waals surface area contributed by atoms with Crippen molar-refractivity contribution in [2.45, 2.75) is 47.0 Å². The SMILES string of the molecule is CC1C2CC3C4CC2(C)CC4(C)C13C. The van der Waals surface area contributed by atoms with E-state index in [0.717, 1.165) is 39.9 Å². The Bertz CT molecular complexity index is 333. The standard InChI is InChI=1S/C14H22/c1-8-9-5-10-11-6-12(9,2)7-13(11,3)14(8,10)4/h8-11H,5-7H2,1-4H3. The minimum absolute atomic E-state index is 0.734. The van der Waals surface area contributed by atoms with E-state index in [2.05, 4.69) is 27.7 Å². The van der Waals surface area contributed by atoms with Crippen LogP contribution >= 0.6 is 0 Å². The van der Waals surface area contributed by atoms with Crippen LogP contribution in [0.2, 0.25) is 0 Å². The van der Waals surface area contributed by atoms with Gasteiger partial charge in [0.1, 0.15) is 0 Å². The lowest BCUT2D eigenvalue weighted by Gasteiger charge is -2.65. The second kappa shape index (κ2) is 1.72. The largest absolute Gasteiger partial charge is 0.0617 e. The van der Waals surface area contributed by atoms with Crippen molar-refractivity contribution in [2.24, 2.45) is 39.9 Å². The first-order valence-corrected chi connectivity index (χ1v) is 6.43. The molecule has 0 aromatic carbocycles. The molecule has 5 rings (SSSR count). The molecule has 5 aliphatic rings. The van der Waals surface area contributed by atoms with Crippen molar-refractivity contribution in [1.82, 2.24) is 0 Å². The molecule has 0 spiro atoms. The van der Waals surface area contributed by atoms with Gasteiger partial charge in [0.2, 0.25) is 0 Å². The third-order valence-corrected chi connectivity index (χ3v) is 7.71. The molecule has 0 aromatic rings. The van der Waals surface area contributed by atoms with E-state index in [1.165, 1.54) is 0 Å². The number of hydrogen-bond donors (Lipinski definition) is 0. The summed E-state index contributed by atoms with van der Waals surface area (Å²) in [4.78, 5) is 0. The lowest BCUT2D eigenvalue weighted by atomic mass is 9.39. The lowest BCUT2D eigenvalue weighted by molar-refractivity contribution is -0.178. The molecule has 14 heavy (non-hydrogen) atoms. The Hall–Kier alpha value is 0. The molecule has 5 fully saturated rings. The quantitative estimate of drug-likeness (QED) is 0.546. The molecule has 0 aromatic heterocycles. The van der Waals surface area contributed by atoms with Crippen molar-refractivity contribution < 1.29 is 0 Å². The summed E-state index contributed by atoms with van der Waals surface area (Å²) in [7, 11) is 0. The Balaban J connectivity index is 1.97. The predicted octanol–water partition coefficient (Wildman–Crippen LogP) is 3.71. The van der Waals surface area contributed by atoms with Gasteiger partial charge < -0.3 is 0 Å². The zero-order valence-electron chi connectivity index (χ0n) is 9.93. The van der Waals surface area contributed by atoms with Crippen LogP contribution in [0.15, 0.2) is 0 Å². The van der Waals surface area contributed by atoms with Gasteiger partial charge in [0, 0.05) is 0 Å². The fraction of sp³-hybridized carbons (Fsp3) is 1.00. The fourth-order valence-corrected chi connectivity index (χ4v) is 7.02. The van der Waals surface area contributed by atoms with Crippen molar-refractivity contribution in [1.29, 1.82) is 0 Å². The van der Waals surface area contributed by atoms with Crippen LogP contribution in [0, 0.1) is 39.9 Å². The van der Waals surface area contributed by atoms with Gasteiger partial charge in [0.05, 0.1) is 0 Å². The van der Waals surface area contributed by atoms with E-state index in [9.17, 15) is 0 Å². The lowest BCUT2D eigenvalue weighted by Crippen LogP contribution is -2.60. The normalized spacial score (nSPS) is 78.0. The molecule has 0 heteroatoms. The first-order chi connectivity index (χ1) is 6.43. The van der Waals surface area contributed by atoms with E-state index in [1.54, 1.807) is 19.3 Å². The maximum atomic E-state index is 2.61. The first kappa shape index (κ1) is 8.19.